The van der Waals surface area contributed by atoms with E-state index in [-0.39, 0.29) is 5.91 Å². The number of aromatic nitrogens is 4. The van der Waals surface area contributed by atoms with Crippen LogP contribution >= 0.6 is 0 Å². The van der Waals surface area contributed by atoms with Crippen molar-refractivity contribution in [2.75, 3.05) is 11.9 Å². The molecule has 2 aromatic carbocycles. The average Bonchev–Trinajstić information content (AvgIpc) is 3.44. The zero-order valence-electron chi connectivity index (χ0n) is 17.9. The first-order valence-corrected chi connectivity index (χ1v) is 10.2. The van der Waals surface area contributed by atoms with Crippen molar-refractivity contribution in [3.8, 4) is 5.69 Å². The maximum Gasteiger partial charge on any atom is 0.341 e. The van der Waals surface area contributed by atoms with Crippen LogP contribution in [-0.2, 0) is 11.3 Å². The minimum atomic E-state index is -0.400. The number of nitrogens with zero attached hydrogens (tertiary/aromatic N) is 4. The molecule has 0 fully saturated rings. The number of hydrogen-bond acceptors (Lipinski definition) is 5. The highest BCUT2D eigenvalue weighted by atomic mass is 16.5. The van der Waals surface area contributed by atoms with E-state index in [1.54, 1.807) is 55.3 Å². The second-order valence-corrected chi connectivity index (χ2v) is 7.21. The van der Waals surface area contributed by atoms with Crippen molar-refractivity contribution in [1.82, 2.24) is 19.3 Å². The van der Waals surface area contributed by atoms with Crippen molar-refractivity contribution < 1.29 is 14.3 Å². The summed E-state index contributed by atoms with van der Waals surface area (Å²) in [5.41, 5.74) is 4.14. The Hall–Kier alpha value is -4.20. The number of benzene rings is 2. The van der Waals surface area contributed by atoms with Crippen LogP contribution in [0.1, 0.15) is 38.9 Å². The third-order valence-corrected chi connectivity index (χ3v) is 4.99. The standard InChI is InChI=1S/C24H23N5O3/c1-3-32-24(31)22-14-26-29(17(22)2)21-9-7-19(8-10-21)23(30)27-20-6-4-5-18(13-20)15-28-12-11-25-16-28/h4-14,16H,3,15H2,1-2H3,(H,27,30). The van der Waals surface area contributed by atoms with Gasteiger partial charge in [-0.2, -0.15) is 5.10 Å². The van der Waals surface area contributed by atoms with Crippen LogP contribution in [0.5, 0.6) is 0 Å². The Morgan fingerprint density at radius 3 is 2.66 bits per heavy atom. The third-order valence-electron chi connectivity index (χ3n) is 4.99. The van der Waals surface area contributed by atoms with Gasteiger partial charge in [-0.3, -0.25) is 4.79 Å². The molecule has 0 aliphatic heterocycles. The molecule has 0 unspecified atom stereocenters. The van der Waals surface area contributed by atoms with E-state index in [1.807, 2.05) is 35.0 Å². The van der Waals surface area contributed by atoms with Crippen molar-refractivity contribution in [3.05, 3.63) is 95.8 Å². The Kier molecular flexibility index (Phi) is 6.12. The molecule has 1 N–H and O–H groups in total. The number of hydrogen-bond donors (Lipinski definition) is 1. The Labute approximate surface area is 185 Å². The van der Waals surface area contributed by atoms with Gasteiger partial charge < -0.3 is 14.6 Å². The molecule has 1 amide bonds. The van der Waals surface area contributed by atoms with Gasteiger partial charge in [0.05, 0.1) is 30.5 Å². The smallest absolute Gasteiger partial charge is 0.341 e. The first-order valence-electron chi connectivity index (χ1n) is 10.2. The molecule has 0 radical (unpaired) electrons. The molecule has 8 heteroatoms. The number of carbonyl (C=O) groups excluding carboxylic acids is 2. The van der Waals surface area contributed by atoms with E-state index in [1.165, 1.54) is 6.20 Å². The van der Waals surface area contributed by atoms with Crippen LogP contribution in [0.4, 0.5) is 5.69 Å². The van der Waals surface area contributed by atoms with Gasteiger partial charge in [0.25, 0.3) is 5.91 Å². The Bertz CT molecular complexity index is 1230. The van der Waals surface area contributed by atoms with Gasteiger partial charge in [0.2, 0.25) is 0 Å². The molecule has 2 heterocycles. The van der Waals surface area contributed by atoms with Crippen LogP contribution in [0.25, 0.3) is 5.69 Å². The van der Waals surface area contributed by atoms with Crippen LogP contribution in [0, 0.1) is 6.92 Å². The van der Waals surface area contributed by atoms with Gasteiger partial charge in [-0.15, -0.1) is 0 Å². The number of rotatable bonds is 7. The number of imidazole rings is 1. The fraction of sp³-hybridized carbons (Fsp3) is 0.167. The minimum absolute atomic E-state index is 0.208. The van der Waals surface area contributed by atoms with Crippen molar-refractivity contribution in [2.45, 2.75) is 20.4 Å². The maximum absolute atomic E-state index is 12.7. The molecule has 0 saturated heterocycles. The molecule has 4 aromatic rings. The summed E-state index contributed by atoms with van der Waals surface area (Å²) in [7, 11) is 0. The predicted molar refractivity (Wildman–Crippen MR) is 120 cm³/mol. The first kappa shape index (κ1) is 21.0. The van der Waals surface area contributed by atoms with Crippen molar-refractivity contribution in [1.29, 1.82) is 0 Å². The van der Waals surface area contributed by atoms with Gasteiger partial charge in [0.1, 0.15) is 5.56 Å². The minimum Gasteiger partial charge on any atom is -0.462 e. The quantitative estimate of drug-likeness (QED) is 0.451. The van der Waals surface area contributed by atoms with Crippen LogP contribution in [0.3, 0.4) is 0 Å². The van der Waals surface area contributed by atoms with E-state index in [9.17, 15) is 9.59 Å². The van der Waals surface area contributed by atoms with E-state index >= 15 is 0 Å². The van der Waals surface area contributed by atoms with Crippen LogP contribution in [0.2, 0.25) is 0 Å². The number of anilines is 1. The van der Waals surface area contributed by atoms with Crippen LogP contribution in [0.15, 0.2) is 73.4 Å². The molecule has 0 aliphatic rings. The zero-order valence-corrected chi connectivity index (χ0v) is 17.9. The van der Waals surface area contributed by atoms with E-state index in [4.69, 9.17) is 4.74 Å². The molecule has 0 spiro atoms. The fourth-order valence-corrected chi connectivity index (χ4v) is 3.37. The predicted octanol–water partition coefficient (Wildman–Crippen LogP) is 3.85. The van der Waals surface area contributed by atoms with Crippen molar-refractivity contribution >= 4 is 17.6 Å². The topological polar surface area (TPSA) is 91.0 Å². The second kappa shape index (κ2) is 9.30. The summed E-state index contributed by atoms with van der Waals surface area (Å²) >= 11 is 0. The second-order valence-electron chi connectivity index (χ2n) is 7.21. The van der Waals surface area contributed by atoms with E-state index < -0.39 is 5.97 Å². The molecule has 0 atom stereocenters. The molecule has 2 aromatic heterocycles. The summed E-state index contributed by atoms with van der Waals surface area (Å²) in [5.74, 6) is -0.608. The monoisotopic (exact) mass is 429 g/mol. The first-order chi connectivity index (χ1) is 15.5. The van der Waals surface area contributed by atoms with Gasteiger partial charge in [0, 0.05) is 30.2 Å². The molecular formula is C24H23N5O3. The lowest BCUT2D eigenvalue weighted by Crippen LogP contribution is -2.12. The van der Waals surface area contributed by atoms with Crippen molar-refractivity contribution in [3.63, 3.8) is 0 Å². The van der Waals surface area contributed by atoms with Gasteiger partial charge >= 0.3 is 5.97 Å². The Morgan fingerprint density at radius 2 is 1.94 bits per heavy atom. The summed E-state index contributed by atoms with van der Waals surface area (Å²) in [6.45, 7) is 4.54. The molecule has 0 saturated carbocycles. The molecule has 162 valence electrons. The highest BCUT2D eigenvalue weighted by molar-refractivity contribution is 6.04. The lowest BCUT2D eigenvalue weighted by atomic mass is 10.1. The molecular weight excluding hydrogens is 406 g/mol. The average molecular weight is 429 g/mol. The zero-order chi connectivity index (χ0) is 22.5. The summed E-state index contributed by atoms with van der Waals surface area (Å²) in [6.07, 6.45) is 6.87. The summed E-state index contributed by atoms with van der Waals surface area (Å²) < 4.78 is 8.66. The van der Waals surface area contributed by atoms with Gasteiger partial charge in [-0.25, -0.2) is 14.5 Å². The van der Waals surface area contributed by atoms with Gasteiger partial charge in [0.15, 0.2) is 0 Å². The van der Waals surface area contributed by atoms with Gasteiger partial charge in [-0.1, -0.05) is 12.1 Å². The SMILES string of the molecule is CCOC(=O)c1cnn(-c2ccc(C(=O)Nc3cccc(Cn4ccnc4)c3)cc2)c1C. The molecule has 8 nitrogen and oxygen atoms in total. The molecule has 0 bridgehead atoms. The molecule has 0 aliphatic carbocycles. The Morgan fingerprint density at radius 1 is 1.12 bits per heavy atom. The lowest BCUT2D eigenvalue weighted by Gasteiger charge is -2.09. The Balaban J connectivity index is 1.46. The van der Waals surface area contributed by atoms with Crippen LogP contribution in [-0.4, -0.2) is 37.8 Å². The third kappa shape index (κ3) is 4.59. The summed E-state index contributed by atoms with van der Waals surface area (Å²) in [6, 6.07) is 14.7. The highest BCUT2D eigenvalue weighted by Gasteiger charge is 2.16. The van der Waals surface area contributed by atoms with Crippen molar-refractivity contribution in [2.24, 2.45) is 0 Å². The van der Waals surface area contributed by atoms with E-state index in [2.05, 4.69) is 15.4 Å². The van der Waals surface area contributed by atoms with Crippen LogP contribution < -0.4 is 5.32 Å². The summed E-state index contributed by atoms with van der Waals surface area (Å²) in [4.78, 5) is 28.8. The molecule has 32 heavy (non-hydrogen) atoms. The van der Waals surface area contributed by atoms with Gasteiger partial charge in [-0.05, 0) is 55.8 Å². The maximum atomic E-state index is 12.7. The highest BCUT2D eigenvalue weighted by Crippen LogP contribution is 2.17. The molecule has 4 rings (SSSR count). The number of carbonyl (C=O) groups is 2. The largest absolute Gasteiger partial charge is 0.462 e. The fourth-order valence-electron chi connectivity index (χ4n) is 3.37. The number of esters is 1. The number of amides is 1. The van der Waals surface area contributed by atoms with E-state index in [0.717, 1.165) is 16.9 Å². The summed E-state index contributed by atoms with van der Waals surface area (Å²) in [5, 5.41) is 7.22. The van der Waals surface area contributed by atoms with E-state index in [0.29, 0.717) is 30.0 Å². The normalized spacial score (nSPS) is 10.7. The lowest BCUT2D eigenvalue weighted by molar-refractivity contribution is 0.0525. The number of nitrogens with one attached hydrogen (secondary N) is 1. The number of ether oxygens (including phenoxy) is 1.